The average molecular weight is 298 g/mol. The highest BCUT2D eigenvalue weighted by Crippen LogP contribution is 2.21. The molecule has 1 saturated heterocycles. The van der Waals surface area contributed by atoms with Crippen molar-refractivity contribution in [3.63, 3.8) is 0 Å². The van der Waals surface area contributed by atoms with E-state index >= 15 is 0 Å². The minimum Gasteiger partial charge on any atom is -0.382 e. The zero-order valence-electron chi connectivity index (χ0n) is 12.9. The van der Waals surface area contributed by atoms with E-state index < -0.39 is 5.60 Å². The minimum absolute atomic E-state index is 0.0601. The molecule has 0 spiro atoms. The molecule has 21 heavy (non-hydrogen) atoms. The lowest BCUT2D eigenvalue weighted by molar-refractivity contribution is -0.169. The van der Waals surface area contributed by atoms with E-state index in [1.165, 1.54) is 10.9 Å². The van der Waals surface area contributed by atoms with Gasteiger partial charge in [-0.3, -0.25) is 9.36 Å². The van der Waals surface area contributed by atoms with Gasteiger partial charge in [-0.1, -0.05) is 0 Å². The predicted molar refractivity (Wildman–Crippen MR) is 74.9 cm³/mol. The molecule has 0 aromatic carbocycles. The van der Waals surface area contributed by atoms with E-state index in [1.54, 1.807) is 19.1 Å². The molecule has 2 heterocycles. The van der Waals surface area contributed by atoms with Crippen LogP contribution < -0.4 is 5.69 Å². The van der Waals surface area contributed by atoms with Gasteiger partial charge >= 0.3 is 5.69 Å². The smallest absolute Gasteiger partial charge is 0.345 e. The normalized spacial score (nSPS) is 21.5. The van der Waals surface area contributed by atoms with Crippen molar-refractivity contribution in [2.45, 2.75) is 32.1 Å². The number of morpholine rings is 1. The van der Waals surface area contributed by atoms with Crippen LogP contribution in [0, 0.1) is 0 Å². The van der Waals surface area contributed by atoms with Crippen molar-refractivity contribution in [1.29, 1.82) is 0 Å². The average Bonchev–Trinajstić information content (AvgIpc) is 2.69. The van der Waals surface area contributed by atoms with Crippen LogP contribution in [0.15, 0.2) is 11.1 Å². The van der Waals surface area contributed by atoms with Crippen molar-refractivity contribution in [2.75, 3.05) is 26.8 Å². The largest absolute Gasteiger partial charge is 0.382 e. The third kappa shape index (κ3) is 3.70. The minimum atomic E-state index is -0.438. The molecule has 1 fully saturated rings. The van der Waals surface area contributed by atoms with Crippen molar-refractivity contribution < 1.29 is 14.3 Å². The molecule has 0 aliphatic carbocycles. The monoisotopic (exact) mass is 298 g/mol. The summed E-state index contributed by atoms with van der Waals surface area (Å²) in [6.07, 6.45) is 1.23. The molecule has 1 amide bonds. The van der Waals surface area contributed by atoms with Gasteiger partial charge < -0.3 is 14.4 Å². The number of methoxy groups -OCH3 is 1. The Bertz CT molecular complexity index is 563. The first-order chi connectivity index (χ1) is 9.82. The van der Waals surface area contributed by atoms with Crippen molar-refractivity contribution in [3.8, 4) is 0 Å². The molecule has 0 saturated carbocycles. The number of ether oxygens (including phenoxy) is 2. The van der Waals surface area contributed by atoms with Crippen LogP contribution in [0.1, 0.15) is 13.8 Å². The molecule has 1 aliphatic rings. The number of aromatic nitrogens is 3. The first-order valence-electron chi connectivity index (χ1n) is 6.85. The fraction of sp³-hybridized carbons (Fsp3) is 0.769. The van der Waals surface area contributed by atoms with Gasteiger partial charge in [-0.05, 0) is 13.8 Å². The van der Waals surface area contributed by atoms with E-state index in [4.69, 9.17) is 9.47 Å². The lowest BCUT2D eigenvalue weighted by Crippen LogP contribution is -2.56. The Hall–Kier alpha value is -1.67. The molecule has 1 aliphatic heterocycles. The number of aryl methyl sites for hydroxylation is 1. The van der Waals surface area contributed by atoms with Gasteiger partial charge in [0.15, 0.2) is 0 Å². The van der Waals surface area contributed by atoms with Crippen LogP contribution in [-0.4, -0.2) is 63.7 Å². The highest BCUT2D eigenvalue weighted by Gasteiger charge is 2.35. The second kappa shape index (κ2) is 5.98. The summed E-state index contributed by atoms with van der Waals surface area (Å²) in [7, 11) is 3.20. The number of carbonyl (C=O) groups excluding carboxylic acids is 1. The first kappa shape index (κ1) is 15.7. The van der Waals surface area contributed by atoms with E-state index in [0.717, 1.165) is 4.68 Å². The van der Waals surface area contributed by atoms with Crippen LogP contribution >= 0.6 is 0 Å². The third-order valence-corrected chi connectivity index (χ3v) is 3.36. The molecule has 8 heteroatoms. The number of rotatable bonds is 4. The molecule has 118 valence electrons. The van der Waals surface area contributed by atoms with Gasteiger partial charge in [-0.25, -0.2) is 9.48 Å². The predicted octanol–water partition coefficient (Wildman–Crippen LogP) is -0.766. The summed E-state index contributed by atoms with van der Waals surface area (Å²) in [6.45, 7) is 5.17. The SMILES string of the molecule is COC[C@H]1CN(C(=O)Cn2ncn(C)c2=O)CC(C)(C)O1. The van der Waals surface area contributed by atoms with Gasteiger partial charge in [0.1, 0.15) is 12.9 Å². The Morgan fingerprint density at radius 3 is 2.86 bits per heavy atom. The standard InChI is InChI=1S/C13H22N4O4/c1-13(2)8-16(5-10(21-13)7-20-4)11(18)6-17-12(19)15(3)9-14-17/h9-10H,5-8H2,1-4H3/t10-/m1/s1. The summed E-state index contributed by atoms with van der Waals surface area (Å²) in [5, 5.41) is 3.91. The maximum absolute atomic E-state index is 12.4. The molecular formula is C13H22N4O4. The number of hydrogen-bond donors (Lipinski definition) is 0. The molecule has 2 rings (SSSR count). The molecule has 1 aromatic heterocycles. The Labute approximate surface area is 123 Å². The number of nitrogens with zero attached hydrogens (tertiary/aromatic N) is 4. The second-order valence-corrected chi connectivity index (χ2v) is 5.91. The zero-order valence-corrected chi connectivity index (χ0v) is 12.9. The Morgan fingerprint density at radius 1 is 1.57 bits per heavy atom. The third-order valence-electron chi connectivity index (χ3n) is 3.36. The molecule has 0 N–H and O–H groups in total. The fourth-order valence-corrected chi connectivity index (χ4v) is 2.52. The molecule has 0 radical (unpaired) electrons. The topological polar surface area (TPSA) is 78.6 Å². The molecule has 1 atom stereocenters. The van der Waals surface area contributed by atoms with E-state index in [2.05, 4.69) is 5.10 Å². The van der Waals surface area contributed by atoms with Crippen LogP contribution in [0.3, 0.4) is 0 Å². The van der Waals surface area contributed by atoms with Gasteiger partial charge in [0.25, 0.3) is 0 Å². The quantitative estimate of drug-likeness (QED) is 0.730. The fourth-order valence-electron chi connectivity index (χ4n) is 2.52. The van der Waals surface area contributed by atoms with Gasteiger partial charge in [-0.15, -0.1) is 0 Å². The van der Waals surface area contributed by atoms with Gasteiger partial charge in [0, 0.05) is 27.2 Å². The molecule has 1 aromatic rings. The maximum Gasteiger partial charge on any atom is 0.345 e. The lowest BCUT2D eigenvalue weighted by atomic mass is 10.1. The van der Waals surface area contributed by atoms with Gasteiger partial charge in [0.05, 0.1) is 18.3 Å². The van der Waals surface area contributed by atoms with Crippen LogP contribution in [0.5, 0.6) is 0 Å². The summed E-state index contributed by atoms with van der Waals surface area (Å²) in [5.41, 5.74) is -0.740. The van der Waals surface area contributed by atoms with Gasteiger partial charge in [0.2, 0.25) is 5.91 Å². The van der Waals surface area contributed by atoms with Crippen LogP contribution in [0.25, 0.3) is 0 Å². The summed E-state index contributed by atoms with van der Waals surface area (Å²) >= 11 is 0. The first-order valence-corrected chi connectivity index (χ1v) is 6.85. The van der Waals surface area contributed by atoms with E-state index in [-0.39, 0.29) is 24.2 Å². The van der Waals surface area contributed by atoms with E-state index in [0.29, 0.717) is 19.7 Å². The molecule has 0 bridgehead atoms. The maximum atomic E-state index is 12.4. The summed E-state index contributed by atoms with van der Waals surface area (Å²) < 4.78 is 13.5. The number of carbonyl (C=O) groups is 1. The summed E-state index contributed by atoms with van der Waals surface area (Å²) in [5.74, 6) is -0.145. The Balaban J connectivity index is 2.07. The molecule has 0 unspecified atom stereocenters. The molecule has 8 nitrogen and oxygen atoms in total. The summed E-state index contributed by atoms with van der Waals surface area (Å²) in [4.78, 5) is 25.8. The Kier molecular flexibility index (Phi) is 4.48. The highest BCUT2D eigenvalue weighted by molar-refractivity contribution is 5.76. The number of amides is 1. The second-order valence-electron chi connectivity index (χ2n) is 5.91. The molecular weight excluding hydrogens is 276 g/mol. The van der Waals surface area contributed by atoms with Crippen LogP contribution in [0.4, 0.5) is 0 Å². The van der Waals surface area contributed by atoms with Crippen LogP contribution in [-0.2, 0) is 27.9 Å². The highest BCUT2D eigenvalue weighted by atomic mass is 16.5. The Morgan fingerprint density at radius 2 is 2.29 bits per heavy atom. The van der Waals surface area contributed by atoms with Crippen molar-refractivity contribution >= 4 is 5.91 Å². The van der Waals surface area contributed by atoms with Crippen molar-refractivity contribution in [3.05, 3.63) is 16.8 Å². The number of hydrogen-bond acceptors (Lipinski definition) is 5. The van der Waals surface area contributed by atoms with Gasteiger partial charge in [-0.2, -0.15) is 5.10 Å². The van der Waals surface area contributed by atoms with E-state index in [1.807, 2.05) is 13.8 Å². The van der Waals surface area contributed by atoms with E-state index in [9.17, 15) is 9.59 Å². The summed E-state index contributed by atoms with van der Waals surface area (Å²) in [6, 6.07) is 0. The van der Waals surface area contributed by atoms with Crippen molar-refractivity contribution in [2.24, 2.45) is 7.05 Å². The zero-order chi connectivity index (χ0) is 15.6. The lowest BCUT2D eigenvalue weighted by Gasteiger charge is -2.42. The van der Waals surface area contributed by atoms with Crippen LogP contribution in [0.2, 0.25) is 0 Å². The van der Waals surface area contributed by atoms with Crippen molar-refractivity contribution in [1.82, 2.24) is 19.2 Å².